The molecule has 17 heavy (non-hydrogen) atoms. The van der Waals surface area contributed by atoms with Crippen molar-refractivity contribution >= 4 is 22.8 Å². The molecule has 2 heterocycles. The second kappa shape index (κ2) is 5.41. The van der Waals surface area contributed by atoms with Crippen LogP contribution in [0.1, 0.15) is 26.0 Å². The molecule has 0 amide bonds. The lowest BCUT2D eigenvalue weighted by atomic mass is 10.0. The molecule has 0 saturated carbocycles. The molecule has 0 aliphatic carbocycles. The summed E-state index contributed by atoms with van der Waals surface area (Å²) >= 11 is 6.29. The van der Waals surface area contributed by atoms with Crippen LogP contribution in [0.25, 0.3) is 11.2 Å². The van der Waals surface area contributed by atoms with Gasteiger partial charge in [-0.1, -0.05) is 13.8 Å². The van der Waals surface area contributed by atoms with Crippen molar-refractivity contribution < 1.29 is 0 Å². The SMILES string of the molecule is CC(C)CC(Cl)Cc1ccc2nccnc2n1. The molecule has 0 spiro atoms. The third-order valence-corrected chi connectivity index (χ3v) is 2.88. The van der Waals surface area contributed by atoms with E-state index in [2.05, 4.69) is 28.8 Å². The van der Waals surface area contributed by atoms with E-state index < -0.39 is 0 Å². The Bertz CT molecular complexity index is 499. The Hall–Kier alpha value is -1.22. The summed E-state index contributed by atoms with van der Waals surface area (Å²) in [6.07, 6.45) is 5.12. The molecule has 2 aromatic rings. The van der Waals surface area contributed by atoms with Crippen molar-refractivity contribution in [3.8, 4) is 0 Å². The predicted molar refractivity (Wildman–Crippen MR) is 70.1 cm³/mol. The molecule has 2 aromatic heterocycles. The first-order valence-corrected chi connectivity index (χ1v) is 6.29. The molecule has 0 bridgehead atoms. The Morgan fingerprint density at radius 2 is 1.94 bits per heavy atom. The van der Waals surface area contributed by atoms with E-state index in [0.29, 0.717) is 11.6 Å². The zero-order valence-electron chi connectivity index (χ0n) is 10.1. The summed E-state index contributed by atoms with van der Waals surface area (Å²) in [7, 11) is 0. The lowest BCUT2D eigenvalue weighted by Crippen LogP contribution is -2.08. The molecule has 0 aliphatic rings. The Morgan fingerprint density at radius 3 is 2.71 bits per heavy atom. The number of fused-ring (bicyclic) bond motifs is 1. The smallest absolute Gasteiger partial charge is 0.178 e. The van der Waals surface area contributed by atoms with Gasteiger partial charge in [0, 0.05) is 29.9 Å². The maximum absolute atomic E-state index is 6.29. The van der Waals surface area contributed by atoms with Crippen LogP contribution >= 0.6 is 11.6 Å². The van der Waals surface area contributed by atoms with Gasteiger partial charge >= 0.3 is 0 Å². The fraction of sp³-hybridized carbons (Fsp3) is 0.462. The van der Waals surface area contributed by atoms with Gasteiger partial charge in [-0.15, -0.1) is 11.6 Å². The minimum Gasteiger partial charge on any atom is -0.251 e. The number of nitrogens with zero attached hydrogens (tertiary/aromatic N) is 3. The molecular weight excluding hydrogens is 234 g/mol. The molecule has 0 fully saturated rings. The van der Waals surface area contributed by atoms with E-state index >= 15 is 0 Å². The van der Waals surface area contributed by atoms with Crippen molar-refractivity contribution in [1.29, 1.82) is 0 Å². The number of aromatic nitrogens is 3. The Kier molecular flexibility index (Phi) is 3.89. The molecule has 0 N–H and O–H groups in total. The Labute approximate surface area is 106 Å². The fourth-order valence-electron chi connectivity index (χ4n) is 1.83. The fourth-order valence-corrected chi connectivity index (χ4v) is 2.34. The Balaban J connectivity index is 2.14. The number of pyridine rings is 1. The summed E-state index contributed by atoms with van der Waals surface area (Å²) in [5, 5.41) is 0.136. The molecule has 4 heteroatoms. The predicted octanol–water partition coefficient (Wildman–Crippen LogP) is 3.22. The van der Waals surface area contributed by atoms with Gasteiger partial charge in [-0.3, -0.25) is 4.98 Å². The first-order valence-electron chi connectivity index (χ1n) is 5.86. The van der Waals surface area contributed by atoms with Crippen LogP contribution in [0.5, 0.6) is 0 Å². The molecule has 90 valence electrons. The average Bonchev–Trinajstić information content (AvgIpc) is 2.27. The number of hydrogen-bond acceptors (Lipinski definition) is 3. The summed E-state index contributed by atoms with van der Waals surface area (Å²) in [5.74, 6) is 0.609. The summed E-state index contributed by atoms with van der Waals surface area (Å²) in [5.41, 5.74) is 2.50. The second-order valence-corrected chi connectivity index (χ2v) is 5.25. The molecule has 0 saturated heterocycles. The first kappa shape index (κ1) is 12.2. The Morgan fingerprint density at radius 1 is 1.18 bits per heavy atom. The molecule has 0 aliphatic heterocycles. The van der Waals surface area contributed by atoms with Crippen molar-refractivity contribution in [1.82, 2.24) is 15.0 Å². The van der Waals surface area contributed by atoms with E-state index in [1.807, 2.05) is 12.1 Å². The van der Waals surface area contributed by atoms with Crippen LogP contribution in [-0.2, 0) is 6.42 Å². The van der Waals surface area contributed by atoms with Gasteiger partial charge in [0.05, 0.1) is 0 Å². The van der Waals surface area contributed by atoms with E-state index in [4.69, 9.17) is 11.6 Å². The maximum Gasteiger partial charge on any atom is 0.178 e. The minimum absolute atomic E-state index is 0.136. The highest BCUT2D eigenvalue weighted by Gasteiger charge is 2.10. The standard InChI is InChI=1S/C13H16ClN3/c1-9(2)7-10(14)8-11-3-4-12-13(17-11)16-6-5-15-12/h3-6,9-10H,7-8H2,1-2H3. The molecule has 3 nitrogen and oxygen atoms in total. The van der Waals surface area contributed by atoms with Gasteiger partial charge in [-0.05, 0) is 24.5 Å². The number of hydrogen-bond donors (Lipinski definition) is 0. The highest BCUT2D eigenvalue weighted by atomic mass is 35.5. The van der Waals surface area contributed by atoms with E-state index in [1.54, 1.807) is 12.4 Å². The van der Waals surface area contributed by atoms with Gasteiger partial charge < -0.3 is 0 Å². The zero-order valence-corrected chi connectivity index (χ0v) is 10.9. The highest BCUT2D eigenvalue weighted by molar-refractivity contribution is 6.20. The summed E-state index contributed by atoms with van der Waals surface area (Å²) in [6, 6.07) is 3.93. The second-order valence-electron chi connectivity index (χ2n) is 4.63. The third-order valence-electron chi connectivity index (χ3n) is 2.55. The summed E-state index contributed by atoms with van der Waals surface area (Å²) < 4.78 is 0. The van der Waals surface area contributed by atoms with Crippen molar-refractivity contribution in [3.63, 3.8) is 0 Å². The van der Waals surface area contributed by atoms with Crippen molar-refractivity contribution in [2.45, 2.75) is 32.1 Å². The molecule has 1 unspecified atom stereocenters. The van der Waals surface area contributed by atoms with E-state index in [-0.39, 0.29) is 5.38 Å². The van der Waals surface area contributed by atoms with Crippen LogP contribution in [0.2, 0.25) is 0 Å². The van der Waals surface area contributed by atoms with Crippen LogP contribution in [0.3, 0.4) is 0 Å². The van der Waals surface area contributed by atoms with Gasteiger partial charge in [0.1, 0.15) is 5.52 Å². The van der Waals surface area contributed by atoms with Gasteiger partial charge in [-0.2, -0.15) is 0 Å². The van der Waals surface area contributed by atoms with Gasteiger partial charge in [0.2, 0.25) is 0 Å². The summed E-state index contributed by atoms with van der Waals surface area (Å²) in [6.45, 7) is 4.35. The quantitative estimate of drug-likeness (QED) is 0.781. The number of rotatable bonds is 4. The van der Waals surface area contributed by atoms with Crippen LogP contribution in [0.4, 0.5) is 0 Å². The topological polar surface area (TPSA) is 38.7 Å². The largest absolute Gasteiger partial charge is 0.251 e. The lowest BCUT2D eigenvalue weighted by Gasteiger charge is -2.11. The zero-order chi connectivity index (χ0) is 12.3. The highest BCUT2D eigenvalue weighted by Crippen LogP contribution is 2.16. The van der Waals surface area contributed by atoms with E-state index in [1.165, 1.54) is 0 Å². The van der Waals surface area contributed by atoms with Crippen LogP contribution in [0.15, 0.2) is 24.5 Å². The van der Waals surface area contributed by atoms with Crippen molar-refractivity contribution in [2.75, 3.05) is 0 Å². The molecule has 2 rings (SSSR count). The normalized spacial score (nSPS) is 13.2. The maximum atomic E-state index is 6.29. The van der Waals surface area contributed by atoms with Gasteiger partial charge in [-0.25, -0.2) is 9.97 Å². The monoisotopic (exact) mass is 249 g/mol. The van der Waals surface area contributed by atoms with Crippen LogP contribution < -0.4 is 0 Å². The van der Waals surface area contributed by atoms with Crippen LogP contribution in [-0.4, -0.2) is 20.3 Å². The van der Waals surface area contributed by atoms with Crippen LogP contribution in [0, 0.1) is 5.92 Å². The molecule has 1 atom stereocenters. The number of halogens is 1. The van der Waals surface area contributed by atoms with E-state index in [9.17, 15) is 0 Å². The van der Waals surface area contributed by atoms with E-state index in [0.717, 1.165) is 24.1 Å². The third kappa shape index (κ3) is 3.37. The van der Waals surface area contributed by atoms with Crippen molar-refractivity contribution in [2.24, 2.45) is 5.92 Å². The molecule has 0 radical (unpaired) electrons. The number of alkyl halides is 1. The first-order chi connectivity index (χ1) is 8.15. The van der Waals surface area contributed by atoms with Crippen molar-refractivity contribution in [3.05, 3.63) is 30.2 Å². The average molecular weight is 250 g/mol. The van der Waals surface area contributed by atoms with Gasteiger partial charge in [0.25, 0.3) is 0 Å². The lowest BCUT2D eigenvalue weighted by molar-refractivity contribution is 0.559. The summed E-state index contributed by atoms with van der Waals surface area (Å²) in [4.78, 5) is 12.8. The molecule has 0 aromatic carbocycles. The van der Waals surface area contributed by atoms with Gasteiger partial charge in [0.15, 0.2) is 5.65 Å². The molecular formula is C13H16ClN3. The minimum atomic E-state index is 0.136.